The third kappa shape index (κ3) is 3.44. The number of nitrogens with zero attached hydrogens (tertiary/aromatic N) is 1. The molecule has 0 bridgehead atoms. The van der Waals surface area contributed by atoms with E-state index in [1.54, 1.807) is 4.90 Å². The average Bonchev–Trinajstić information content (AvgIpc) is 2.59. The van der Waals surface area contributed by atoms with E-state index in [1.807, 2.05) is 30.3 Å². The van der Waals surface area contributed by atoms with Gasteiger partial charge in [-0.3, -0.25) is 9.59 Å². The number of hydrogen-bond acceptors (Lipinski definition) is 3. The number of likely N-dealkylation sites (tertiary alicyclic amines) is 1. The molecule has 3 rings (SSSR count). The number of anilines is 1. The highest BCUT2D eigenvalue weighted by atomic mass is 16.2. The molecule has 0 spiro atoms. The first-order chi connectivity index (χ1) is 11.1. The molecule has 1 heterocycles. The molecule has 5 nitrogen and oxygen atoms in total. The van der Waals surface area contributed by atoms with E-state index in [4.69, 9.17) is 5.73 Å². The van der Waals surface area contributed by atoms with Crippen molar-refractivity contribution in [3.05, 3.63) is 42.5 Å². The number of fused-ring (bicyclic) bond motifs is 1. The smallest absolute Gasteiger partial charge is 0.241 e. The maximum absolute atomic E-state index is 12.3. The summed E-state index contributed by atoms with van der Waals surface area (Å²) >= 11 is 0. The Hall–Kier alpha value is -2.56. The SMILES string of the molecule is NC(=O)C1CCN(C(=O)CNc2cccc3ccccc23)CC1. The van der Waals surface area contributed by atoms with Gasteiger partial charge in [0.05, 0.1) is 6.54 Å². The van der Waals surface area contributed by atoms with E-state index in [1.165, 1.54) is 0 Å². The molecule has 0 aromatic heterocycles. The van der Waals surface area contributed by atoms with Crippen molar-refractivity contribution in [1.29, 1.82) is 0 Å². The number of nitrogens with one attached hydrogen (secondary N) is 1. The minimum absolute atomic E-state index is 0.0563. The van der Waals surface area contributed by atoms with E-state index < -0.39 is 0 Å². The van der Waals surface area contributed by atoms with Gasteiger partial charge in [-0.25, -0.2) is 0 Å². The van der Waals surface area contributed by atoms with Gasteiger partial charge in [0.25, 0.3) is 0 Å². The number of nitrogens with two attached hydrogens (primary N) is 1. The van der Waals surface area contributed by atoms with Crippen molar-refractivity contribution >= 4 is 28.3 Å². The van der Waals surface area contributed by atoms with Crippen LogP contribution in [0.5, 0.6) is 0 Å². The normalized spacial score (nSPS) is 15.6. The lowest BCUT2D eigenvalue weighted by atomic mass is 9.96. The van der Waals surface area contributed by atoms with Gasteiger partial charge in [-0.2, -0.15) is 0 Å². The van der Waals surface area contributed by atoms with Crippen molar-refractivity contribution in [2.24, 2.45) is 11.7 Å². The average molecular weight is 311 g/mol. The molecule has 1 aliphatic heterocycles. The van der Waals surface area contributed by atoms with Crippen molar-refractivity contribution in [3.63, 3.8) is 0 Å². The van der Waals surface area contributed by atoms with Crippen LogP contribution in [0.4, 0.5) is 5.69 Å². The Balaban J connectivity index is 1.60. The maximum atomic E-state index is 12.3. The molecule has 2 aromatic rings. The van der Waals surface area contributed by atoms with Crippen LogP contribution in [0.1, 0.15) is 12.8 Å². The highest BCUT2D eigenvalue weighted by Gasteiger charge is 2.25. The molecule has 1 aliphatic rings. The number of rotatable bonds is 4. The molecule has 1 fully saturated rings. The van der Waals surface area contributed by atoms with Crippen LogP contribution in [0, 0.1) is 5.92 Å². The maximum Gasteiger partial charge on any atom is 0.241 e. The van der Waals surface area contributed by atoms with E-state index in [-0.39, 0.29) is 24.3 Å². The first-order valence-electron chi connectivity index (χ1n) is 7.94. The second-order valence-corrected chi connectivity index (χ2v) is 5.94. The molecule has 5 heteroatoms. The summed E-state index contributed by atoms with van der Waals surface area (Å²) < 4.78 is 0. The molecular formula is C18H21N3O2. The Labute approximate surface area is 135 Å². The van der Waals surface area contributed by atoms with Gasteiger partial charge < -0.3 is 16.0 Å². The molecule has 2 aromatic carbocycles. The molecule has 23 heavy (non-hydrogen) atoms. The molecule has 0 radical (unpaired) electrons. The summed E-state index contributed by atoms with van der Waals surface area (Å²) in [6.45, 7) is 1.46. The zero-order chi connectivity index (χ0) is 16.2. The van der Waals surface area contributed by atoms with Crippen LogP contribution >= 0.6 is 0 Å². The van der Waals surface area contributed by atoms with Crippen LogP contribution in [0.2, 0.25) is 0 Å². The second-order valence-electron chi connectivity index (χ2n) is 5.94. The number of carbonyl (C=O) groups is 2. The molecule has 120 valence electrons. The molecule has 0 saturated carbocycles. The van der Waals surface area contributed by atoms with E-state index in [0.717, 1.165) is 16.5 Å². The summed E-state index contributed by atoms with van der Waals surface area (Å²) in [4.78, 5) is 25.3. The largest absolute Gasteiger partial charge is 0.376 e. The molecule has 0 aliphatic carbocycles. The number of benzene rings is 2. The van der Waals surface area contributed by atoms with Crippen molar-refractivity contribution < 1.29 is 9.59 Å². The summed E-state index contributed by atoms with van der Waals surface area (Å²) in [6.07, 6.45) is 1.32. The van der Waals surface area contributed by atoms with Gasteiger partial charge in [0.2, 0.25) is 11.8 Å². The molecule has 1 saturated heterocycles. The van der Waals surface area contributed by atoms with Crippen molar-refractivity contribution in [2.75, 3.05) is 25.0 Å². The number of primary amides is 1. The lowest BCUT2D eigenvalue weighted by molar-refractivity contribution is -0.133. The number of piperidine rings is 1. The Morgan fingerprint density at radius 3 is 2.52 bits per heavy atom. The Bertz CT molecular complexity index is 716. The topological polar surface area (TPSA) is 75.4 Å². The Kier molecular flexibility index (Phi) is 4.46. The van der Waals surface area contributed by atoms with E-state index in [0.29, 0.717) is 25.9 Å². The fourth-order valence-electron chi connectivity index (χ4n) is 3.08. The molecular weight excluding hydrogens is 290 g/mol. The Morgan fingerprint density at radius 1 is 1.09 bits per heavy atom. The summed E-state index contributed by atoms with van der Waals surface area (Å²) in [6, 6.07) is 14.1. The van der Waals surface area contributed by atoms with Gasteiger partial charge >= 0.3 is 0 Å². The van der Waals surface area contributed by atoms with Crippen LogP contribution in [0.25, 0.3) is 10.8 Å². The standard InChI is InChI=1S/C18H21N3O2/c19-18(23)14-8-10-21(11-9-14)17(22)12-20-16-7-3-5-13-4-1-2-6-15(13)16/h1-7,14,20H,8-12H2,(H2,19,23). The third-order valence-corrected chi connectivity index (χ3v) is 4.47. The van der Waals surface area contributed by atoms with Gasteiger partial charge in [-0.1, -0.05) is 36.4 Å². The van der Waals surface area contributed by atoms with Gasteiger partial charge in [-0.05, 0) is 24.3 Å². The predicted molar refractivity (Wildman–Crippen MR) is 90.9 cm³/mol. The van der Waals surface area contributed by atoms with E-state index in [2.05, 4.69) is 17.4 Å². The van der Waals surface area contributed by atoms with Crippen molar-refractivity contribution in [2.45, 2.75) is 12.8 Å². The van der Waals surface area contributed by atoms with Gasteiger partial charge in [-0.15, -0.1) is 0 Å². The molecule has 3 N–H and O–H groups in total. The third-order valence-electron chi connectivity index (χ3n) is 4.47. The summed E-state index contributed by atoms with van der Waals surface area (Å²) in [5, 5.41) is 5.49. The number of carbonyl (C=O) groups excluding carboxylic acids is 2. The monoisotopic (exact) mass is 311 g/mol. The summed E-state index contributed by atoms with van der Waals surface area (Å²) in [5.74, 6) is -0.295. The van der Waals surface area contributed by atoms with Gasteiger partial charge in [0.1, 0.15) is 0 Å². The zero-order valence-corrected chi connectivity index (χ0v) is 13.0. The van der Waals surface area contributed by atoms with Gasteiger partial charge in [0, 0.05) is 30.1 Å². The van der Waals surface area contributed by atoms with Crippen molar-refractivity contribution in [3.8, 4) is 0 Å². The highest BCUT2D eigenvalue weighted by Crippen LogP contribution is 2.23. The fourth-order valence-corrected chi connectivity index (χ4v) is 3.08. The minimum atomic E-state index is -0.258. The summed E-state index contributed by atoms with van der Waals surface area (Å²) in [7, 11) is 0. The first kappa shape index (κ1) is 15.3. The highest BCUT2D eigenvalue weighted by molar-refractivity contribution is 5.95. The van der Waals surface area contributed by atoms with E-state index in [9.17, 15) is 9.59 Å². The van der Waals surface area contributed by atoms with E-state index >= 15 is 0 Å². The fraction of sp³-hybridized carbons (Fsp3) is 0.333. The minimum Gasteiger partial charge on any atom is -0.376 e. The Morgan fingerprint density at radius 2 is 1.78 bits per heavy atom. The number of hydrogen-bond donors (Lipinski definition) is 2. The zero-order valence-electron chi connectivity index (χ0n) is 13.0. The van der Waals surface area contributed by atoms with Crippen molar-refractivity contribution in [1.82, 2.24) is 4.90 Å². The molecule has 0 unspecified atom stereocenters. The lowest BCUT2D eigenvalue weighted by Crippen LogP contribution is -2.43. The quantitative estimate of drug-likeness (QED) is 0.906. The van der Waals surface area contributed by atoms with Crippen LogP contribution in [-0.2, 0) is 9.59 Å². The second kappa shape index (κ2) is 6.69. The van der Waals surface area contributed by atoms with Crippen LogP contribution in [0.3, 0.4) is 0 Å². The van der Waals surface area contributed by atoms with Crippen LogP contribution in [0.15, 0.2) is 42.5 Å². The summed E-state index contributed by atoms with van der Waals surface area (Å²) in [5.41, 5.74) is 6.28. The number of amides is 2. The van der Waals surface area contributed by atoms with Crippen LogP contribution < -0.4 is 11.1 Å². The van der Waals surface area contributed by atoms with Crippen LogP contribution in [-0.4, -0.2) is 36.3 Å². The molecule has 2 amide bonds. The molecule has 0 atom stereocenters. The van der Waals surface area contributed by atoms with Gasteiger partial charge in [0.15, 0.2) is 0 Å². The lowest BCUT2D eigenvalue weighted by Gasteiger charge is -2.30. The predicted octanol–water partition coefficient (Wildman–Crippen LogP) is 1.98. The first-order valence-corrected chi connectivity index (χ1v) is 7.94.